The number of benzene rings is 1. The Morgan fingerprint density at radius 2 is 2.04 bits per heavy atom. The molecule has 1 aliphatic rings. The Hall–Kier alpha value is -1.54. The number of aryl methyl sites for hydroxylation is 1. The first-order valence-electron chi connectivity index (χ1n) is 10.0. The van der Waals surface area contributed by atoms with Crippen LogP contribution in [0.3, 0.4) is 0 Å². The summed E-state index contributed by atoms with van der Waals surface area (Å²) in [7, 11) is 1.85. The van der Waals surface area contributed by atoms with Crippen LogP contribution in [0.1, 0.15) is 31.7 Å². The van der Waals surface area contributed by atoms with E-state index in [0.717, 1.165) is 57.8 Å². The number of aliphatic imine (C=N–C) groups is 1. The van der Waals surface area contributed by atoms with Gasteiger partial charge in [-0.05, 0) is 44.2 Å². The summed E-state index contributed by atoms with van der Waals surface area (Å²) in [6.45, 7) is 10.3. The molecule has 0 bridgehead atoms. The molecule has 2 heterocycles. The first kappa shape index (κ1) is 22.7. The number of likely N-dealkylation sites (tertiary alicyclic amines) is 1. The number of aromatic nitrogens is 1. The van der Waals surface area contributed by atoms with E-state index in [0.29, 0.717) is 6.04 Å². The van der Waals surface area contributed by atoms with Crippen LogP contribution in [-0.2, 0) is 6.42 Å². The molecule has 3 rings (SSSR count). The normalized spacial score (nSPS) is 16.0. The van der Waals surface area contributed by atoms with E-state index in [1.807, 2.05) is 7.05 Å². The number of aromatic amines is 1. The standard InChI is InChI=1S/C22H33N5.HI/c1-17(2)16-27-13-10-19(11-14-27)26-22(23-3)24-12-6-7-18-15-25-21-9-5-4-8-20(18)21;/h4-5,8-9,15,19,25H,1,6-7,10-14,16H2,2-3H3,(H2,23,24,26);1H. The van der Waals surface area contributed by atoms with Gasteiger partial charge in [0.15, 0.2) is 5.96 Å². The number of para-hydroxylation sites is 1. The maximum absolute atomic E-state index is 4.39. The predicted octanol–water partition coefficient (Wildman–Crippen LogP) is 3.92. The van der Waals surface area contributed by atoms with Crippen molar-refractivity contribution in [1.82, 2.24) is 20.5 Å². The first-order chi connectivity index (χ1) is 13.2. The minimum absolute atomic E-state index is 0. The molecule has 1 aliphatic heterocycles. The Bertz CT molecular complexity index is 774. The van der Waals surface area contributed by atoms with Crippen molar-refractivity contribution in [3.63, 3.8) is 0 Å². The third-order valence-electron chi connectivity index (χ3n) is 5.24. The monoisotopic (exact) mass is 495 g/mol. The van der Waals surface area contributed by atoms with Gasteiger partial charge in [0.1, 0.15) is 0 Å². The van der Waals surface area contributed by atoms with Crippen LogP contribution in [0.5, 0.6) is 0 Å². The van der Waals surface area contributed by atoms with Crippen molar-refractivity contribution in [3.05, 3.63) is 48.2 Å². The Kier molecular flexibility index (Phi) is 9.31. The maximum Gasteiger partial charge on any atom is 0.191 e. The molecule has 0 amide bonds. The summed E-state index contributed by atoms with van der Waals surface area (Å²) in [5, 5.41) is 8.39. The van der Waals surface area contributed by atoms with Crippen LogP contribution in [0.25, 0.3) is 10.9 Å². The van der Waals surface area contributed by atoms with Gasteiger partial charge in [-0.2, -0.15) is 0 Å². The lowest BCUT2D eigenvalue weighted by molar-refractivity contribution is 0.221. The second-order valence-electron chi connectivity index (χ2n) is 7.61. The fourth-order valence-electron chi connectivity index (χ4n) is 3.83. The largest absolute Gasteiger partial charge is 0.361 e. The summed E-state index contributed by atoms with van der Waals surface area (Å²) < 4.78 is 0. The molecule has 0 spiro atoms. The van der Waals surface area contributed by atoms with Crippen molar-refractivity contribution in [2.45, 2.75) is 38.6 Å². The molecule has 0 radical (unpaired) electrons. The molecule has 0 unspecified atom stereocenters. The summed E-state index contributed by atoms with van der Waals surface area (Å²) in [4.78, 5) is 10.2. The summed E-state index contributed by atoms with van der Waals surface area (Å²) in [6.07, 6.45) is 6.59. The Morgan fingerprint density at radius 1 is 1.29 bits per heavy atom. The number of halogens is 1. The van der Waals surface area contributed by atoms with Gasteiger partial charge in [0.25, 0.3) is 0 Å². The molecule has 1 saturated heterocycles. The Balaban J connectivity index is 0.00000280. The molecule has 0 aliphatic carbocycles. The fourth-order valence-corrected chi connectivity index (χ4v) is 3.83. The number of nitrogens with zero attached hydrogens (tertiary/aromatic N) is 2. The second kappa shape index (κ2) is 11.5. The van der Waals surface area contributed by atoms with Crippen molar-refractivity contribution in [3.8, 4) is 0 Å². The highest BCUT2D eigenvalue weighted by molar-refractivity contribution is 14.0. The zero-order valence-electron chi connectivity index (χ0n) is 17.1. The van der Waals surface area contributed by atoms with Gasteiger partial charge in [0, 0.05) is 56.4 Å². The molecule has 154 valence electrons. The van der Waals surface area contributed by atoms with Gasteiger partial charge in [0.2, 0.25) is 0 Å². The molecule has 2 aromatic rings. The van der Waals surface area contributed by atoms with Gasteiger partial charge in [-0.15, -0.1) is 24.0 Å². The number of guanidine groups is 1. The van der Waals surface area contributed by atoms with E-state index in [-0.39, 0.29) is 24.0 Å². The van der Waals surface area contributed by atoms with Crippen molar-refractivity contribution >= 4 is 40.8 Å². The van der Waals surface area contributed by atoms with Crippen LogP contribution in [0.15, 0.2) is 47.6 Å². The average molecular weight is 495 g/mol. The molecular formula is C22H34IN5. The third kappa shape index (κ3) is 6.51. The summed E-state index contributed by atoms with van der Waals surface area (Å²) in [5.74, 6) is 0.923. The SMILES string of the molecule is C=C(C)CN1CCC(NC(=NC)NCCCc2c[nH]c3ccccc23)CC1.I. The van der Waals surface area contributed by atoms with E-state index < -0.39 is 0 Å². The minimum Gasteiger partial charge on any atom is -0.361 e. The lowest BCUT2D eigenvalue weighted by atomic mass is 10.0. The maximum atomic E-state index is 4.39. The van der Waals surface area contributed by atoms with Gasteiger partial charge >= 0.3 is 0 Å². The number of fused-ring (bicyclic) bond motifs is 1. The quantitative estimate of drug-likeness (QED) is 0.180. The average Bonchev–Trinajstić information content (AvgIpc) is 3.08. The molecule has 1 fully saturated rings. The van der Waals surface area contributed by atoms with E-state index in [1.54, 1.807) is 0 Å². The van der Waals surface area contributed by atoms with Gasteiger partial charge in [-0.3, -0.25) is 9.89 Å². The molecule has 28 heavy (non-hydrogen) atoms. The fraction of sp³-hybridized carbons (Fsp3) is 0.500. The van der Waals surface area contributed by atoms with Gasteiger partial charge in [-0.1, -0.05) is 30.4 Å². The predicted molar refractivity (Wildman–Crippen MR) is 131 cm³/mol. The highest BCUT2D eigenvalue weighted by Crippen LogP contribution is 2.18. The minimum atomic E-state index is 0. The zero-order valence-corrected chi connectivity index (χ0v) is 19.5. The van der Waals surface area contributed by atoms with Crippen LogP contribution in [0, 0.1) is 0 Å². The topological polar surface area (TPSA) is 55.4 Å². The molecule has 6 heteroatoms. The molecule has 5 nitrogen and oxygen atoms in total. The summed E-state index contributed by atoms with van der Waals surface area (Å²) in [5.41, 5.74) is 3.85. The molecule has 1 aromatic carbocycles. The van der Waals surface area contributed by atoms with Crippen LogP contribution >= 0.6 is 24.0 Å². The van der Waals surface area contributed by atoms with Gasteiger partial charge in [0.05, 0.1) is 0 Å². The number of piperidine rings is 1. The number of H-pyrrole nitrogens is 1. The number of hydrogen-bond donors (Lipinski definition) is 3. The first-order valence-corrected chi connectivity index (χ1v) is 10.0. The number of nitrogens with one attached hydrogen (secondary N) is 3. The number of hydrogen-bond acceptors (Lipinski definition) is 2. The molecule has 0 saturated carbocycles. The van der Waals surface area contributed by atoms with Crippen molar-refractivity contribution < 1.29 is 0 Å². The summed E-state index contributed by atoms with van der Waals surface area (Å²) >= 11 is 0. The highest BCUT2D eigenvalue weighted by Gasteiger charge is 2.19. The third-order valence-corrected chi connectivity index (χ3v) is 5.24. The lowest BCUT2D eigenvalue weighted by Crippen LogP contribution is -2.49. The van der Waals surface area contributed by atoms with Gasteiger partial charge in [-0.25, -0.2) is 0 Å². The Morgan fingerprint density at radius 3 is 2.75 bits per heavy atom. The van der Waals surface area contributed by atoms with E-state index in [2.05, 4.69) is 69.5 Å². The highest BCUT2D eigenvalue weighted by atomic mass is 127. The van der Waals surface area contributed by atoms with E-state index in [1.165, 1.54) is 22.0 Å². The van der Waals surface area contributed by atoms with Crippen molar-refractivity contribution in [1.29, 1.82) is 0 Å². The van der Waals surface area contributed by atoms with Crippen LogP contribution in [-0.4, -0.2) is 55.1 Å². The lowest BCUT2D eigenvalue weighted by Gasteiger charge is -2.33. The van der Waals surface area contributed by atoms with E-state index >= 15 is 0 Å². The van der Waals surface area contributed by atoms with Gasteiger partial charge < -0.3 is 15.6 Å². The Labute approximate surface area is 186 Å². The number of rotatable bonds is 7. The smallest absolute Gasteiger partial charge is 0.191 e. The molecule has 1 aromatic heterocycles. The molecular weight excluding hydrogens is 461 g/mol. The van der Waals surface area contributed by atoms with Crippen molar-refractivity contribution in [2.24, 2.45) is 4.99 Å². The zero-order chi connectivity index (χ0) is 19.1. The van der Waals surface area contributed by atoms with E-state index in [9.17, 15) is 0 Å². The summed E-state index contributed by atoms with van der Waals surface area (Å²) in [6, 6.07) is 9.00. The second-order valence-corrected chi connectivity index (χ2v) is 7.61. The van der Waals surface area contributed by atoms with Crippen molar-refractivity contribution in [2.75, 3.05) is 33.2 Å². The van der Waals surface area contributed by atoms with E-state index in [4.69, 9.17) is 0 Å². The van der Waals surface area contributed by atoms with Crippen LogP contribution < -0.4 is 10.6 Å². The van der Waals surface area contributed by atoms with Crippen LogP contribution in [0.2, 0.25) is 0 Å². The molecule has 3 N–H and O–H groups in total. The molecule has 0 atom stereocenters. The van der Waals surface area contributed by atoms with Crippen LogP contribution in [0.4, 0.5) is 0 Å².